The number of pyridine rings is 1. The van der Waals surface area contributed by atoms with Gasteiger partial charge in [-0.25, -0.2) is 0 Å². The number of aromatic nitrogens is 1. The van der Waals surface area contributed by atoms with Crippen LogP contribution >= 0.6 is 0 Å². The van der Waals surface area contributed by atoms with E-state index in [9.17, 15) is 4.79 Å². The van der Waals surface area contributed by atoms with Crippen LogP contribution in [0.4, 0.5) is 0 Å². The molecule has 0 spiro atoms. The maximum absolute atomic E-state index is 12.8. The largest absolute Gasteiger partial charge is 0.305 e. The molecule has 0 saturated carbocycles. The third-order valence-electron chi connectivity index (χ3n) is 5.30. The van der Waals surface area contributed by atoms with Crippen LogP contribution in [0.1, 0.15) is 30.0 Å². The van der Waals surface area contributed by atoms with E-state index in [1.165, 1.54) is 5.56 Å². The van der Waals surface area contributed by atoms with Crippen molar-refractivity contribution in [1.29, 1.82) is 0 Å². The van der Waals surface area contributed by atoms with E-state index in [2.05, 4.69) is 47.4 Å². The minimum Gasteiger partial charge on any atom is -0.305 e. The van der Waals surface area contributed by atoms with Gasteiger partial charge in [-0.1, -0.05) is 48.5 Å². The Morgan fingerprint density at radius 3 is 2.40 bits per heavy atom. The van der Waals surface area contributed by atoms with Crippen LogP contribution in [0.15, 0.2) is 65.5 Å². The maximum atomic E-state index is 12.8. The third kappa shape index (κ3) is 3.24. The zero-order valence-electron chi connectivity index (χ0n) is 14.7. The number of rotatable bonds is 3. The van der Waals surface area contributed by atoms with Gasteiger partial charge in [0.2, 0.25) is 0 Å². The smallest absolute Gasteiger partial charge is 0.254 e. The average Bonchev–Trinajstić information content (AvgIpc) is 2.65. The fourth-order valence-corrected chi connectivity index (χ4v) is 3.96. The first kappa shape index (κ1) is 16.1. The van der Waals surface area contributed by atoms with Crippen molar-refractivity contribution in [1.82, 2.24) is 9.47 Å². The minimum atomic E-state index is 0.167. The molecule has 0 bridgehead atoms. The van der Waals surface area contributed by atoms with Crippen LogP contribution < -0.4 is 5.56 Å². The molecule has 1 aromatic heterocycles. The molecule has 1 aliphatic rings. The zero-order chi connectivity index (χ0) is 17.2. The van der Waals surface area contributed by atoms with Crippen LogP contribution in [0.2, 0.25) is 0 Å². The topological polar surface area (TPSA) is 25.2 Å². The first-order chi connectivity index (χ1) is 12.2. The molecule has 0 amide bonds. The van der Waals surface area contributed by atoms with Crippen molar-refractivity contribution >= 4 is 10.9 Å². The molecule has 25 heavy (non-hydrogen) atoms. The van der Waals surface area contributed by atoms with E-state index in [1.807, 2.05) is 29.7 Å². The number of nitrogens with zero attached hydrogens (tertiary/aromatic N) is 2. The van der Waals surface area contributed by atoms with Gasteiger partial charge in [-0.2, -0.15) is 0 Å². The molecule has 2 heterocycles. The maximum Gasteiger partial charge on any atom is 0.254 e. The van der Waals surface area contributed by atoms with Crippen LogP contribution in [0.25, 0.3) is 10.9 Å². The molecular weight excluding hydrogens is 308 g/mol. The molecule has 128 valence electrons. The zero-order valence-corrected chi connectivity index (χ0v) is 14.7. The predicted molar refractivity (Wildman–Crippen MR) is 103 cm³/mol. The lowest BCUT2D eigenvalue weighted by Crippen LogP contribution is -2.37. The molecule has 2 aromatic carbocycles. The minimum absolute atomic E-state index is 0.167. The summed E-state index contributed by atoms with van der Waals surface area (Å²) < 4.78 is 2.05. The summed E-state index contributed by atoms with van der Waals surface area (Å²) in [6.45, 7) is 5.00. The van der Waals surface area contributed by atoms with E-state index in [0.717, 1.165) is 48.9 Å². The highest BCUT2D eigenvalue weighted by Gasteiger charge is 2.23. The van der Waals surface area contributed by atoms with Gasteiger partial charge in [0, 0.05) is 31.2 Å². The summed E-state index contributed by atoms with van der Waals surface area (Å²) in [5.74, 6) is 0. The van der Waals surface area contributed by atoms with Crippen molar-refractivity contribution < 1.29 is 0 Å². The molecule has 3 aromatic rings. The van der Waals surface area contributed by atoms with Gasteiger partial charge in [0.1, 0.15) is 0 Å². The summed E-state index contributed by atoms with van der Waals surface area (Å²) in [6.07, 6.45) is 2.06. The van der Waals surface area contributed by atoms with Gasteiger partial charge in [-0.05, 0) is 42.8 Å². The van der Waals surface area contributed by atoms with Crippen molar-refractivity contribution in [3.63, 3.8) is 0 Å². The lowest BCUT2D eigenvalue weighted by Gasteiger charge is -2.33. The molecule has 3 nitrogen and oxygen atoms in total. The highest BCUT2D eigenvalue weighted by atomic mass is 16.1. The Hall–Kier alpha value is -2.39. The summed E-state index contributed by atoms with van der Waals surface area (Å²) in [7, 11) is 0. The van der Waals surface area contributed by atoms with Gasteiger partial charge in [0.05, 0.1) is 5.52 Å². The van der Waals surface area contributed by atoms with Gasteiger partial charge in [0.25, 0.3) is 5.56 Å². The fourth-order valence-electron chi connectivity index (χ4n) is 3.96. The summed E-state index contributed by atoms with van der Waals surface area (Å²) in [5.41, 5.74) is 3.43. The fraction of sp³-hybridized carbons (Fsp3) is 0.318. The van der Waals surface area contributed by atoms with Crippen molar-refractivity contribution in [2.45, 2.75) is 32.4 Å². The Bertz CT molecular complexity index is 922. The second kappa shape index (κ2) is 6.85. The highest BCUT2D eigenvalue weighted by Crippen LogP contribution is 2.26. The first-order valence-electron chi connectivity index (χ1n) is 9.09. The van der Waals surface area contributed by atoms with Crippen LogP contribution in [-0.4, -0.2) is 22.6 Å². The Morgan fingerprint density at radius 1 is 0.960 bits per heavy atom. The molecule has 1 aliphatic heterocycles. The number of hydrogen-bond donors (Lipinski definition) is 0. The third-order valence-corrected chi connectivity index (χ3v) is 5.30. The number of likely N-dealkylation sites (tertiary alicyclic amines) is 1. The molecule has 4 rings (SSSR count). The molecule has 0 aliphatic carbocycles. The lowest BCUT2D eigenvalue weighted by molar-refractivity contribution is 0.180. The van der Waals surface area contributed by atoms with E-state index in [1.54, 1.807) is 0 Å². The number of para-hydroxylation sites is 1. The number of fused-ring (bicyclic) bond motifs is 1. The Morgan fingerprint density at radius 2 is 1.64 bits per heavy atom. The second-order valence-corrected chi connectivity index (χ2v) is 7.05. The molecule has 0 radical (unpaired) electrons. The highest BCUT2D eigenvalue weighted by molar-refractivity contribution is 5.79. The van der Waals surface area contributed by atoms with E-state index < -0.39 is 0 Å². The summed E-state index contributed by atoms with van der Waals surface area (Å²) in [4.78, 5) is 15.3. The van der Waals surface area contributed by atoms with Gasteiger partial charge >= 0.3 is 0 Å². The quantitative estimate of drug-likeness (QED) is 0.720. The van der Waals surface area contributed by atoms with Crippen molar-refractivity contribution in [3.8, 4) is 0 Å². The van der Waals surface area contributed by atoms with Gasteiger partial charge in [-0.3, -0.25) is 9.69 Å². The summed E-state index contributed by atoms with van der Waals surface area (Å²) in [6, 6.07) is 21.2. The standard InChI is InChI=1S/C22H24N2O/c1-17-15-19-9-5-6-10-21(19)24(22(17)25)20-11-13-23(14-12-20)16-18-7-3-2-4-8-18/h2-10,15,20H,11-14,16H2,1H3. The molecule has 0 unspecified atom stereocenters. The van der Waals surface area contributed by atoms with Crippen molar-refractivity contribution in [2.75, 3.05) is 13.1 Å². The van der Waals surface area contributed by atoms with Gasteiger partial charge < -0.3 is 4.57 Å². The molecule has 0 atom stereocenters. The molecular formula is C22H24N2O. The number of benzene rings is 2. The predicted octanol–water partition coefficient (Wildman–Crippen LogP) is 4.15. The number of aryl methyl sites for hydroxylation is 1. The number of piperidine rings is 1. The molecule has 1 fully saturated rings. The van der Waals surface area contributed by atoms with E-state index in [4.69, 9.17) is 0 Å². The van der Waals surface area contributed by atoms with Crippen LogP contribution in [0, 0.1) is 6.92 Å². The Labute approximate surface area is 148 Å². The lowest BCUT2D eigenvalue weighted by atomic mass is 10.0. The Balaban J connectivity index is 1.56. The van der Waals surface area contributed by atoms with Crippen LogP contribution in [-0.2, 0) is 6.54 Å². The molecule has 3 heteroatoms. The Kier molecular flexibility index (Phi) is 4.41. The first-order valence-corrected chi connectivity index (χ1v) is 9.09. The van der Waals surface area contributed by atoms with E-state index >= 15 is 0 Å². The van der Waals surface area contributed by atoms with E-state index in [0.29, 0.717) is 6.04 Å². The molecule has 1 saturated heterocycles. The SMILES string of the molecule is Cc1cc2ccccc2n(C2CCN(Cc3ccccc3)CC2)c1=O. The number of hydrogen-bond acceptors (Lipinski definition) is 2. The van der Waals surface area contributed by atoms with E-state index in [-0.39, 0.29) is 5.56 Å². The van der Waals surface area contributed by atoms with Crippen LogP contribution in [0.5, 0.6) is 0 Å². The van der Waals surface area contributed by atoms with Gasteiger partial charge in [-0.15, -0.1) is 0 Å². The van der Waals surface area contributed by atoms with Crippen molar-refractivity contribution in [2.24, 2.45) is 0 Å². The summed E-state index contributed by atoms with van der Waals surface area (Å²) in [5, 5.41) is 1.16. The van der Waals surface area contributed by atoms with Crippen LogP contribution in [0.3, 0.4) is 0 Å². The van der Waals surface area contributed by atoms with Gasteiger partial charge in [0.15, 0.2) is 0 Å². The average molecular weight is 332 g/mol. The second-order valence-electron chi connectivity index (χ2n) is 7.05. The molecule has 0 N–H and O–H groups in total. The summed E-state index contributed by atoms with van der Waals surface area (Å²) >= 11 is 0. The monoisotopic (exact) mass is 332 g/mol. The van der Waals surface area contributed by atoms with Crippen molar-refractivity contribution in [3.05, 3.63) is 82.1 Å². The normalized spacial score (nSPS) is 16.4.